The molecule has 1 N–H and O–H groups in total. The number of carboxylic acids is 1. The van der Waals surface area contributed by atoms with Crippen molar-refractivity contribution in [2.75, 3.05) is 0 Å². The van der Waals surface area contributed by atoms with E-state index in [0.29, 0.717) is 12.8 Å². The molecule has 102 valence electrons. The first-order valence-corrected chi connectivity index (χ1v) is 7.66. The lowest BCUT2D eigenvalue weighted by Crippen LogP contribution is -2.24. The van der Waals surface area contributed by atoms with Gasteiger partial charge in [0.2, 0.25) is 0 Å². The van der Waals surface area contributed by atoms with Gasteiger partial charge in [0.15, 0.2) is 5.78 Å². The quantitative estimate of drug-likeness (QED) is 0.647. The van der Waals surface area contributed by atoms with Crippen LogP contribution in [0.5, 0.6) is 0 Å². The van der Waals surface area contributed by atoms with Gasteiger partial charge in [0, 0.05) is 15.6 Å². The first-order chi connectivity index (χ1) is 9.08. The van der Waals surface area contributed by atoms with Gasteiger partial charge in [-0.25, -0.2) is 0 Å². The maximum absolute atomic E-state index is 12.3. The standard InChI is InChI=1S/C15H17IO3/c16-13-7-2-1-6-12(13)14(17)9-10-4-3-5-11(8-10)15(18)19/h1-2,6-7,10-11H,3-5,8-9H2,(H,18,19). The molecule has 2 unspecified atom stereocenters. The summed E-state index contributed by atoms with van der Waals surface area (Å²) in [5.74, 6) is -0.618. The fourth-order valence-electron chi connectivity index (χ4n) is 2.76. The lowest BCUT2D eigenvalue weighted by molar-refractivity contribution is -0.143. The normalized spacial score (nSPS) is 23.0. The summed E-state index contributed by atoms with van der Waals surface area (Å²) in [5.41, 5.74) is 0.764. The minimum atomic E-state index is -0.716. The number of benzene rings is 1. The van der Waals surface area contributed by atoms with Crippen LogP contribution in [0.4, 0.5) is 0 Å². The molecule has 0 aliphatic heterocycles. The number of hydrogen-bond donors (Lipinski definition) is 1. The average molecular weight is 372 g/mol. The van der Waals surface area contributed by atoms with Gasteiger partial charge in [-0.1, -0.05) is 24.6 Å². The average Bonchev–Trinajstić information content (AvgIpc) is 2.39. The summed E-state index contributed by atoms with van der Waals surface area (Å²) in [7, 11) is 0. The molecule has 3 nitrogen and oxygen atoms in total. The van der Waals surface area contributed by atoms with E-state index in [4.69, 9.17) is 5.11 Å². The van der Waals surface area contributed by atoms with Crippen molar-refractivity contribution in [3.63, 3.8) is 0 Å². The first-order valence-electron chi connectivity index (χ1n) is 6.58. The number of carboxylic acid groups (broad SMARTS) is 1. The molecule has 1 aliphatic rings. The van der Waals surface area contributed by atoms with Crippen LogP contribution < -0.4 is 0 Å². The van der Waals surface area contributed by atoms with Crippen LogP contribution in [0.1, 0.15) is 42.5 Å². The number of carbonyl (C=O) groups excluding carboxylic acids is 1. The van der Waals surface area contributed by atoms with Crippen LogP contribution in [0.2, 0.25) is 0 Å². The van der Waals surface area contributed by atoms with Gasteiger partial charge in [0.1, 0.15) is 0 Å². The molecule has 2 atom stereocenters. The smallest absolute Gasteiger partial charge is 0.306 e. The largest absolute Gasteiger partial charge is 0.481 e. The molecule has 2 rings (SSSR count). The molecule has 1 fully saturated rings. The first kappa shape index (κ1) is 14.5. The highest BCUT2D eigenvalue weighted by Crippen LogP contribution is 2.32. The minimum absolute atomic E-state index is 0.140. The fraction of sp³-hybridized carbons (Fsp3) is 0.467. The third-order valence-electron chi connectivity index (χ3n) is 3.78. The van der Waals surface area contributed by atoms with E-state index in [1.807, 2.05) is 24.3 Å². The minimum Gasteiger partial charge on any atom is -0.481 e. The zero-order valence-electron chi connectivity index (χ0n) is 10.6. The van der Waals surface area contributed by atoms with Crippen LogP contribution in [0.3, 0.4) is 0 Å². The summed E-state index contributed by atoms with van der Waals surface area (Å²) >= 11 is 2.17. The Morgan fingerprint density at radius 3 is 2.68 bits per heavy atom. The van der Waals surface area contributed by atoms with Crippen molar-refractivity contribution >= 4 is 34.3 Å². The second-order valence-corrected chi connectivity index (χ2v) is 6.34. The molecule has 0 radical (unpaired) electrons. The van der Waals surface area contributed by atoms with E-state index in [-0.39, 0.29) is 17.6 Å². The molecule has 0 amide bonds. The van der Waals surface area contributed by atoms with Gasteiger partial charge in [-0.3, -0.25) is 9.59 Å². The number of carbonyl (C=O) groups is 2. The van der Waals surface area contributed by atoms with E-state index in [0.717, 1.165) is 28.4 Å². The Hall–Kier alpha value is -0.910. The molecule has 4 heteroatoms. The van der Waals surface area contributed by atoms with Gasteiger partial charge in [0.25, 0.3) is 0 Å². The van der Waals surface area contributed by atoms with Gasteiger partial charge in [-0.2, -0.15) is 0 Å². The molecule has 0 saturated heterocycles. The molecular formula is C15H17IO3. The SMILES string of the molecule is O=C(CC1CCCC(C(=O)O)C1)c1ccccc1I. The molecular weight excluding hydrogens is 355 g/mol. The number of rotatable bonds is 4. The van der Waals surface area contributed by atoms with E-state index < -0.39 is 5.97 Å². The van der Waals surface area contributed by atoms with E-state index in [9.17, 15) is 9.59 Å². The van der Waals surface area contributed by atoms with Crippen LogP contribution >= 0.6 is 22.6 Å². The van der Waals surface area contributed by atoms with Crippen molar-refractivity contribution in [1.29, 1.82) is 0 Å². The van der Waals surface area contributed by atoms with Gasteiger partial charge in [0.05, 0.1) is 5.92 Å². The van der Waals surface area contributed by atoms with E-state index in [1.165, 1.54) is 0 Å². The van der Waals surface area contributed by atoms with Crippen molar-refractivity contribution in [2.45, 2.75) is 32.1 Å². The number of aliphatic carboxylic acids is 1. The monoisotopic (exact) mass is 372 g/mol. The molecule has 0 bridgehead atoms. The lowest BCUT2D eigenvalue weighted by Gasteiger charge is -2.26. The van der Waals surface area contributed by atoms with Crippen molar-refractivity contribution in [2.24, 2.45) is 11.8 Å². The van der Waals surface area contributed by atoms with Crippen molar-refractivity contribution in [3.05, 3.63) is 33.4 Å². The predicted molar refractivity (Wildman–Crippen MR) is 81.2 cm³/mol. The van der Waals surface area contributed by atoms with Crippen LogP contribution in [0.25, 0.3) is 0 Å². The van der Waals surface area contributed by atoms with E-state index in [2.05, 4.69) is 22.6 Å². The Morgan fingerprint density at radius 2 is 2.00 bits per heavy atom. The number of ketones is 1. The Kier molecular flexibility index (Phi) is 4.96. The maximum Gasteiger partial charge on any atom is 0.306 e. The van der Waals surface area contributed by atoms with E-state index in [1.54, 1.807) is 0 Å². The summed E-state index contributed by atoms with van der Waals surface area (Å²) in [4.78, 5) is 23.3. The lowest BCUT2D eigenvalue weighted by atomic mass is 9.78. The highest BCUT2D eigenvalue weighted by Gasteiger charge is 2.28. The van der Waals surface area contributed by atoms with Crippen LogP contribution in [-0.4, -0.2) is 16.9 Å². The summed E-state index contributed by atoms with van der Waals surface area (Å²) in [6.45, 7) is 0. The number of Topliss-reactive ketones (excluding diaryl/α,β-unsaturated/α-hetero) is 1. The number of halogens is 1. The van der Waals surface area contributed by atoms with Crippen LogP contribution in [0.15, 0.2) is 24.3 Å². The fourth-order valence-corrected chi connectivity index (χ4v) is 3.45. The Morgan fingerprint density at radius 1 is 1.26 bits per heavy atom. The molecule has 1 aromatic carbocycles. The molecule has 1 saturated carbocycles. The Balaban J connectivity index is 1.99. The van der Waals surface area contributed by atoms with Crippen LogP contribution in [0, 0.1) is 15.4 Å². The van der Waals surface area contributed by atoms with Gasteiger partial charge >= 0.3 is 5.97 Å². The summed E-state index contributed by atoms with van der Waals surface area (Å²) < 4.78 is 0.968. The molecule has 1 aromatic rings. The van der Waals surface area contributed by atoms with Gasteiger partial charge < -0.3 is 5.11 Å². The Bertz CT molecular complexity index is 484. The van der Waals surface area contributed by atoms with Crippen LogP contribution in [-0.2, 0) is 4.79 Å². The summed E-state index contributed by atoms with van der Waals surface area (Å²) in [5, 5.41) is 9.07. The predicted octanol–water partition coefficient (Wildman–Crippen LogP) is 3.76. The topological polar surface area (TPSA) is 54.4 Å². The maximum atomic E-state index is 12.3. The Labute approximate surface area is 126 Å². The highest BCUT2D eigenvalue weighted by molar-refractivity contribution is 14.1. The van der Waals surface area contributed by atoms with Crippen molar-refractivity contribution in [3.8, 4) is 0 Å². The van der Waals surface area contributed by atoms with Gasteiger partial charge in [-0.15, -0.1) is 0 Å². The molecule has 0 aromatic heterocycles. The van der Waals surface area contributed by atoms with Crippen molar-refractivity contribution in [1.82, 2.24) is 0 Å². The van der Waals surface area contributed by atoms with E-state index >= 15 is 0 Å². The van der Waals surface area contributed by atoms with Gasteiger partial charge in [-0.05, 0) is 53.8 Å². The van der Waals surface area contributed by atoms with Crippen molar-refractivity contribution < 1.29 is 14.7 Å². The third-order valence-corrected chi connectivity index (χ3v) is 4.72. The second kappa shape index (κ2) is 6.50. The summed E-state index contributed by atoms with van der Waals surface area (Å²) in [6, 6.07) is 7.56. The molecule has 0 spiro atoms. The molecule has 1 aliphatic carbocycles. The third kappa shape index (κ3) is 3.78. The summed E-state index contributed by atoms with van der Waals surface area (Å²) in [6.07, 6.45) is 3.76. The zero-order chi connectivity index (χ0) is 13.8. The molecule has 0 heterocycles. The number of hydrogen-bond acceptors (Lipinski definition) is 2. The zero-order valence-corrected chi connectivity index (χ0v) is 12.8. The molecule has 19 heavy (non-hydrogen) atoms. The highest BCUT2D eigenvalue weighted by atomic mass is 127. The second-order valence-electron chi connectivity index (χ2n) is 5.17.